The molecule has 11 heavy (non-hydrogen) atoms. The third-order valence-electron chi connectivity index (χ3n) is 2.24. The van der Waals surface area contributed by atoms with Crippen molar-refractivity contribution >= 4 is 0 Å². The lowest BCUT2D eigenvalue weighted by molar-refractivity contribution is -0.0182. The standard InChI is InChI=1S/C9H18O2/c1-3-4-11-9-6-7(2)5-8(9)10/h7-10H,3-6H2,1-2H3. The second kappa shape index (κ2) is 4.07. The van der Waals surface area contributed by atoms with E-state index in [9.17, 15) is 5.11 Å². The number of aliphatic hydroxyl groups is 1. The van der Waals surface area contributed by atoms with Gasteiger partial charge in [0, 0.05) is 6.61 Å². The van der Waals surface area contributed by atoms with Crippen molar-refractivity contribution in [2.24, 2.45) is 5.92 Å². The van der Waals surface area contributed by atoms with Crippen molar-refractivity contribution in [3.05, 3.63) is 0 Å². The molecule has 1 fully saturated rings. The average Bonchev–Trinajstić information content (AvgIpc) is 2.26. The number of ether oxygens (including phenoxy) is 1. The lowest BCUT2D eigenvalue weighted by Crippen LogP contribution is -2.22. The molecule has 0 radical (unpaired) electrons. The van der Waals surface area contributed by atoms with Gasteiger partial charge in [-0.2, -0.15) is 0 Å². The Morgan fingerprint density at radius 3 is 2.64 bits per heavy atom. The van der Waals surface area contributed by atoms with Gasteiger partial charge in [-0.05, 0) is 25.2 Å². The fourth-order valence-corrected chi connectivity index (χ4v) is 1.66. The van der Waals surface area contributed by atoms with Crippen molar-refractivity contribution < 1.29 is 9.84 Å². The molecule has 66 valence electrons. The first-order valence-corrected chi connectivity index (χ1v) is 4.53. The van der Waals surface area contributed by atoms with E-state index in [1.54, 1.807) is 0 Å². The fraction of sp³-hybridized carbons (Fsp3) is 1.00. The molecular weight excluding hydrogens is 140 g/mol. The van der Waals surface area contributed by atoms with Crippen LogP contribution in [0.1, 0.15) is 33.1 Å². The van der Waals surface area contributed by atoms with Gasteiger partial charge in [-0.1, -0.05) is 13.8 Å². The maximum atomic E-state index is 9.46. The minimum absolute atomic E-state index is 0.116. The Kier molecular flexibility index (Phi) is 3.34. The molecule has 1 N–H and O–H groups in total. The van der Waals surface area contributed by atoms with Crippen molar-refractivity contribution in [2.75, 3.05) is 6.61 Å². The zero-order valence-electron chi connectivity index (χ0n) is 7.42. The predicted octanol–water partition coefficient (Wildman–Crippen LogP) is 1.57. The summed E-state index contributed by atoms with van der Waals surface area (Å²) in [5.74, 6) is 0.631. The minimum Gasteiger partial charge on any atom is -0.390 e. The van der Waals surface area contributed by atoms with Crippen molar-refractivity contribution in [3.8, 4) is 0 Å². The molecule has 0 bridgehead atoms. The van der Waals surface area contributed by atoms with E-state index in [0.717, 1.165) is 25.9 Å². The lowest BCUT2D eigenvalue weighted by Gasteiger charge is -2.14. The monoisotopic (exact) mass is 158 g/mol. The van der Waals surface area contributed by atoms with Crippen molar-refractivity contribution in [1.29, 1.82) is 0 Å². The Hall–Kier alpha value is -0.0800. The van der Waals surface area contributed by atoms with Gasteiger partial charge in [-0.15, -0.1) is 0 Å². The molecule has 0 spiro atoms. The van der Waals surface area contributed by atoms with Crippen LogP contribution in [0.5, 0.6) is 0 Å². The van der Waals surface area contributed by atoms with Crippen LogP contribution in [0.15, 0.2) is 0 Å². The maximum Gasteiger partial charge on any atom is 0.0836 e. The zero-order valence-corrected chi connectivity index (χ0v) is 7.42. The molecule has 2 nitrogen and oxygen atoms in total. The summed E-state index contributed by atoms with van der Waals surface area (Å²) in [6.07, 6.45) is 2.88. The van der Waals surface area contributed by atoms with E-state index in [4.69, 9.17) is 4.74 Å². The molecule has 1 saturated carbocycles. The van der Waals surface area contributed by atoms with Gasteiger partial charge in [0.2, 0.25) is 0 Å². The van der Waals surface area contributed by atoms with Crippen molar-refractivity contribution in [2.45, 2.75) is 45.3 Å². The summed E-state index contributed by atoms with van der Waals surface area (Å²) in [7, 11) is 0. The molecule has 0 aliphatic heterocycles. The summed E-state index contributed by atoms with van der Waals surface area (Å²) in [5.41, 5.74) is 0. The summed E-state index contributed by atoms with van der Waals surface area (Å²) >= 11 is 0. The van der Waals surface area contributed by atoms with Gasteiger partial charge in [0.05, 0.1) is 12.2 Å². The van der Waals surface area contributed by atoms with Crippen molar-refractivity contribution in [3.63, 3.8) is 0 Å². The molecule has 3 unspecified atom stereocenters. The van der Waals surface area contributed by atoms with E-state index in [1.165, 1.54) is 0 Å². The van der Waals surface area contributed by atoms with Crippen LogP contribution in [0, 0.1) is 5.92 Å². The summed E-state index contributed by atoms with van der Waals surface area (Å²) in [6, 6.07) is 0. The predicted molar refractivity (Wildman–Crippen MR) is 44.4 cm³/mol. The second-order valence-corrected chi connectivity index (χ2v) is 3.55. The Bertz CT molecular complexity index is 114. The molecule has 0 aromatic carbocycles. The molecule has 3 atom stereocenters. The Balaban J connectivity index is 2.23. The molecule has 1 aliphatic carbocycles. The molecule has 1 rings (SSSR count). The highest BCUT2D eigenvalue weighted by atomic mass is 16.5. The number of hydrogen-bond donors (Lipinski definition) is 1. The van der Waals surface area contributed by atoms with Gasteiger partial charge < -0.3 is 9.84 Å². The first kappa shape index (κ1) is 9.01. The number of rotatable bonds is 3. The third-order valence-corrected chi connectivity index (χ3v) is 2.24. The lowest BCUT2D eigenvalue weighted by atomic mass is 10.1. The highest BCUT2D eigenvalue weighted by Crippen LogP contribution is 2.27. The van der Waals surface area contributed by atoms with Crippen LogP contribution in [0.25, 0.3) is 0 Å². The van der Waals surface area contributed by atoms with Crippen LogP contribution >= 0.6 is 0 Å². The number of aliphatic hydroxyl groups excluding tert-OH is 1. The molecule has 0 aromatic heterocycles. The first-order valence-electron chi connectivity index (χ1n) is 4.53. The second-order valence-electron chi connectivity index (χ2n) is 3.55. The molecule has 0 aromatic rings. The highest BCUT2D eigenvalue weighted by Gasteiger charge is 2.30. The quantitative estimate of drug-likeness (QED) is 0.675. The van der Waals surface area contributed by atoms with Gasteiger partial charge in [0.25, 0.3) is 0 Å². The van der Waals surface area contributed by atoms with Crippen LogP contribution in [-0.4, -0.2) is 23.9 Å². The number of hydrogen-bond acceptors (Lipinski definition) is 2. The minimum atomic E-state index is -0.212. The van der Waals surface area contributed by atoms with Gasteiger partial charge in [-0.3, -0.25) is 0 Å². The summed E-state index contributed by atoms with van der Waals surface area (Å²) in [6.45, 7) is 5.04. The van der Waals surface area contributed by atoms with Crippen LogP contribution < -0.4 is 0 Å². The van der Waals surface area contributed by atoms with Crippen LogP contribution in [0.3, 0.4) is 0 Å². The van der Waals surface area contributed by atoms with E-state index in [1.807, 2.05) is 0 Å². The molecule has 2 heteroatoms. The van der Waals surface area contributed by atoms with E-state index in [-0.39, 0.29) is 12.2 Å². The molecule has 0 amide bonds. The van der Waals surface area contributed by atoms with Gasteiger partial charge >= 0.3 is 0 Å². The van der Waals surface area contributed by atoms with E-state index in [0.29, 0.717) is 5.92 Å². The summed E-state index contributed by atoms with van der Waals surface area (Å²) < 4.78 is 5.48. The highest BCUT2D eigenvalue weighted by molar-refractivity contribution is 4.81. The van der Waals surface area contributed by atoms with E-state index < -0.39 is 0 Å². The van der Waals surface area contributed by atoms with Gasteiger partial charge in [0.1, 0.15) is 0 Å². The maximum absolute atomic E-state index is 9.46. The Morgan fingerprint density at radius 2 is 2.18 bits per heavy atom. The van der Waals surface area contributed by atoms with Crippen molar-refractivity contribution in [1.82, 2.24) is 0 Å². The molecule has 1 aliphatic rings. The fourth-order valence-electron chi connectivity index (χ4n) is 1.66. The smallest absolute Gasteiger partial charge is 0.0836 e. The van der Waals surface area contributed by atoms with Crippen LogP contribution in [0.2, 0.25) is 0 Å². The topological polar surface area (TPSA) is 29.5 Å². The Morgan fingerprint density at radius 1 is 1.45 bits per heavy atom. The van der Waals surface area contributed by atoms with Gasteiger partial charge in [-0.25, -0.2) is 0 Å². The first-order chi connectivity index (χ1) is 5.24. The largest absolute Gasteiger partial charge is 0.390 e. The third kappa shape index (κ3) is 2.46. The van der Waals surface area contributed by atoms with E-state index >= 15 is 0 Å². The normalized spacial score (nSPS) is 37.9. The van der Waals surface area contributed by atoms with E-state index in [2.05, 4.69) is 13.8 Å². The summed E-state index contributed by atoms with van der Waals surface area (Å²) in [5, 5.41) is 9.46. The Labute approximate surface area is 68.6 Å². The molecule has 0 heterocycles. The van der Waals surface area contributed by atoms with Gasteiger partial charge in [0.15, 0.2) is 0 Å². The van der Waals surface area contributed by atoms with Crippen LogP contribution in [0.4, 0.5) is 0 Å². The average molecular weight is 158 g/mol. The zero-order chi connectivity index (χ0) is 8.27. The van der Waals surface area contributed by atoms with Crippen LogP contribution in [-0.2, 0) is 4.74 Å². The molecule has 0 saturated heterocycles. The summed E-state index contributed by atoms with van der Waals surface area (Å²) in [4.78, 5) is 0. The SMILES string of the molecule is CCCOC1CC(C)CC1O. The molecular formula is C9H18O2.